The van der Waals surface area contributed by atoms with Crippen molar-refractivity contribution in [2.24, 2.45) is 0 Å². The summed E-state index contributed by atoms with van der Waals surface area (Å²) in [5, 5.41) is 0. The van der Waals surface area contributed by atoms with Gasteiger partial charge >= 0.3 is 0 Å². The normalized spacial score (nSPS) is 13.5. The summed E-state index contributed by atoms with van der Waals surface area (Å²) in [5.41, 5.74) is 1.17. The van der Waals surface area contributed by atoms with Gasteiger partial charge in [-0.3, -0.25) is 9.69 Å². The molecule has 5 nitrogen and oxygen atoms in total. The first kappa shape index (κ1) is 14.6. The molecule has 1 amide bonds. The SMILES string of the molecule is CC(C)c1ccccc1OCCC(=O)N1CCn2ccnc21. The Balaban J connectivity index is 1.57. The third kappa shape index (κ3) is 2.84. The summed E-state index contributed by atoms with van der Waals surface area (Å²) in [7, 11) is 0. The number of carbonyl (C=O) groups excluding carboxylic acids is 1. The maximum atomic E-state index is 12.3. The van der Waals surface area contributed by atoms with Crippen LogP contribution in [0.15, 0.2) is 36.7 Å². The predicted molar refractivity (Wildman–Crippen MR) is 85.2 cm³/mol. The molecule has 0 fully saturated rings. The van der Waals surface area contributed by atoms with Crippen molar-refractivity contribution >= 4 is 11.9 Å². The van der Waals surface area contributed by atoms with E-state index < -0.39 is 0 Å². The molecule has 3 rings (SSSR count). The van der Waals surface area contributed by atoms with Gasteiger partial charge in [-0.25, -0.2) is 4.98 Å². The van der Waals surface area contributed by atoms with Gasteiger partial charge in [-0.15, -0.1) is 0 Å². The molecule has 0 saturated carbocycles. The van der Waals surface area contributed by atoms with Crippen LogP contribution in [0.2, 0.25) is 0 Å². The number of hydrogen-bond donors (Lipinski definition) is 0. The molecular weight excluding hydrogens is 278 g/mol. The van der Waals surface area contributed by atoms with Crippen molar-refractivity contribution in [2.75, 3.05) is 18.1 Å². The molecule has 0 bridgehead atoms. The number of benzene rings is 1. The Hall–Kier alpha value is -2.30. The third-order valence-corrected chi connectivity index (χ3v) is 3.92. The van der Waals surface area contributed by atoms with Gasteiger partial charge in [-0.05, 0) is 17.5 Å². The molecule has 1 aromatic carbocycles. The van der Waals surface area contributed by atoms with Crippen LogP contribution in [0.1, 0.15) is 31.7 Å². The van der Waals surface area contributed by atoms with Crippen molar-refractivity contribution in [1.82, 2.24) is 9.55 Å². The number of carbonyl (C=O) groups is 1. The molecule has 2 aromatic rings. The molecule has 0 saturated heterocycles. The van der Waals surface area contributed by atoms with Crippen LogP contribution in [-0.4, -0.2) is 28.6 Å². The Kier molecular flexibility index (Phi) is 4.13. The van der Waals surface area contributed by atoms with E-state index in [4.69, 9.17) is 4.74 Å². The van der Waals surface area contributed by atoms with E-state index in [0.717, 1.165) is 18.2 Å². The second-order valence-electron chi connectivity index (χ2n) is 5.76. The highest BCUT2D eigenvalue weighted by molar-refractivity contribution is 5.92. The van der Waals surface area contributed by atoms with Crippen LogP contribution < -0.4 is 9.64 Å². The second-order valence-corrected chi connectivity index (χ2v) is 5.76. The summed E-state index contributed by atoms with van der Waals surface area (Å²) in [6, 6.07) is 8.00. The number of aromatic nitrogens is 2. The Bertz CT molecular complexity index is 663. The number of hydrogen-bond acceptors (Lipinski definition) is 3. The van der Waals surface area contributed by atoms with Crippen molar-refractivity contribution in [1.29, 1.82) is 0 Å². The van der Waals surface area contributed by atoms with Crippen LogP contribution in [0.5, 0.6) is 5.75 Å². The quantitative estimate of drug-likeness (QED) is 0.853. The molecular formula is C17H21N3O2. The fourth-order valence-electron chi connectivity index (χ4n) is 2.74. The highest BCUT2D eigenvalue weighted by Gasteiger charge is 2.25. The predicted octanol–water partition coefficient (Wildman–Crippen LogP) is 2.82. The molecule has 1 aromatic heterocycles. The van der Waals surface area contributed by atoms with Gasteiger partial charge in [0.2, 0.25) is 11.9 Å². The van der Waals surface area contributed by atoms with Gasteiger partial charge in [0, 0.05) is 25.5 Å². The molecule has 2 heterocycles. The van der Waals surface area contributed by atoms with Gasteiger partial charge in [-0.1, -0.05) is 32.0 Å². The number of nitrogens with zero attached hydrogens (tertiary/aromatic N) is 3. The lowest BCUT2D eigenvalue weighted by atomic mass is 10.0. The molecule has 1 aliphatic rings. The summed E-state index contributed by atoms with van der Waals surface area (Å²) >= 11 is 0. The molecule has 0 unspecified atom stereocenters. The largest absolute Gasteiger partial charge is 0.493 e. The van der Waals surface area contributed by atoms with Crippen molar-refractivity contribution in [3.8, 4) is 5.75 Å². The van der Waals surface area contributed by atoms with Gasteiger partial charge in [0.25, 0.3) is 0 Å². The van der Waals surface area contributed by atoms with Gasteiger partial charge in [-0.2, -0.15) is 0 Å². The van der Waals surface area contributed by atoms with Crippen LogP contribution in [0.25, 0.3) is 0 Å². The maximum Gasteiger partial charge on any atom is 0.232 e. The number of amides is 1. The minimum absolute atomic E-state index is 0.0620. The minimum atomic E-state index is 0.0620. The van der Waals surface area contributed by atoms with Crippen molar-refractivity contribution in [2.45, 2.75) is 32.7 Å². The van der Waals surface area contributed by atoms with E-state index in [1.54, 1.807) is 11.1 Å². The van der Waals surface area contributed by atoms with Crippen molar-refractivity contribution in [3.63, 3.8) is 0 Å². The molecule has 0 aliphatic carbocycles. The molecule has 116 valence electrons. The fraction of sp³-hybridized carbons (Fsp3) is 0.412. The average molecular weight is 299 g/mol. The number of fused-ring (bicyclic) bond motifs is 1. The number of para-hydroxylation sites is 1. The zero-order valence-corrected chi connectivity index (χ0v) is 13.0. The molecule has 22 heavy (non-hydrogen) atoms. The number of rotatable bonds is 5. The Morgan fingerprint density at radius 3 is 2.95 bits per heavy atom. The molecule has 5 heteroatoms. The van der Waals surface area contributed by atoms with E-state index in [-0.39, 0.29) is 5.91 Å². The number of imidazole rings is 1. The summed E-state index contributed by atoms with van der Waals surface area (Å²) in [4.78, 5) is 18.3. The Morgan fingerprint density at radius 1 is 1.32 bits per heavy atom. The van der Waals surface area contributed by atoms with Gasteiger partial charge < -0.3 is 9.30 Å². The van der Waals surface area contributed by atoms with Crippen molar-refractivity contribution in [3.05, 3.63) is 42.2 Å². The van der Waals surface area contributed by atoms with Crippen LogP contribution in [0.4, 0.5) is 5.95 Å². The van der Waals surface area contributed by atoms with E-state index in [1.807, 2.05) is 29.0 Å². The van der Waals surface area contributed by atoms with Crippen LogP contribution in [0, 0.1) is 0 Å². The average Bonchev–Trinajstić information content (AvgIpc) is 3.10. The first-order chi connectivity index (χ1) is 10.7. The second kappa shape index (κ2) is 6.22. The van der Waals surface area contributed by atoms with Crippen LogP contribution in [-0.2, 0) is 11.3 Å². The monoisotopic (exact) mass is 299 g/mol. The third-order valence-electron chi connectivity index (χ3n) is 3.92. The summed E-state index contributed by atoms with van der Waals surface area (Å²) < 4.78 is 7.82. The van der Waals surface area contributed by atoms with Crippen LogP contribution >= 0.6 is 0 Å². The maximum absolute atomic E-state index is 12.3. The number of anilines is 1. The topological polar surface area (TPSA) is 47.4 Å². The smallest absolute Gasteiger partial charge is 0.232 e. The Labute approximate surface area is 130 Å². The standard InChI is InChI=1S/C17H21N3O2/c1-13(2)14-5-3-4-6-15(14)22-12-7-16(21)20-11-10-19-9-8-18-17(19)20/h3-6,8-9,13H,7,10-12H2,1-2H3. The highest BCUT2D eigenvalue weighted by Crippen LogP contribution is 2.26. The van der Waals surface area contributed by atoms with E-state index in [9.17, 15) is 4.79 Å². The van der Waals surface area contributed by atoms with Gasteiger partial charge in [0.15, 0.2) is 0 Å². The minimum Gasteiger partial charge on any atom is -0.493 e. The van der Waals surface area contributed by atoms with E-state index >= 15 is 0 Å². The van der Waals surface area contributed by atoms with E-state index in [1.165, 1.54) is 5.56 Å². The van der Waals surface area contributed by atoms with E-state index in [0.29, 0.717) is 25.5 Å². The summed E-state index contributed by atoms with van der Waals surface area (Å²) in [6.07, 6.45) is 3.99. The highest BCUT2D eigenvalue weighted by atomic mass is 16.5. The van der Waals surface area contributed by atoms with Gasteiger partial charge in [0.05, 0.1) is 13.0 Å². The summed E-state index contributed by atoms with van der Waals surface area (Å²) in [6.45, 7) is 6.18. The lowest BCUT2D eigenvalue weighted by Gasteiger charge is -2.16. The fourth-order valence-corrected chi connectivity index (χ4v) is 2.74. The van der Waals surface area contributed by atoms with Gasteiger partial charge in [0.1, 0.15) is 5.75 Å². The molecule has 0 spiro atoms. The molecule has 0 radical (unpaired) electrons. The first-order valence-corrected chi connectivity index (χ1v) is 7.70. The first-order valence-electron chi connectivity index (χ1n) is 7.70. The lowest BCUT2D eigenvalue weighted by Crippen LogP contribution is -2.30. The Morgan fingerprint density at radius 2 is 2.14 bits per heavy atom. The number of ether oxygens (including phenoxy) is 1. The molecule has 0 atom stereocenters. The zero-order valence-electron chi connectivity index (χ0n) is 13.0. The zero-order chi connectivity index (χ0) is 15.5. The summed E-state index contributed by atoms with van der Waals surface area (Å²) in [5.74, 6) is 2.07. The molecule has 0 N–H and O–H groups in total. The van der Waals surface area contributed by atoms with Crippen molar-refractivity contribution < 1.29 is 9.53 Å². The molecule has 1 aliphatic heterocycles. The van der Waals surface area contributed by atoms with E-state index in [2.05, 4.69) is 24.9 Å². The van der Waals surface area contributed by atoms with Crippen LogP contribution in [0.3, 0.4) is 0 Å². The lowest BCUT2D eigenvalue weighted by molar-refractivity contribution is -0.119.